The molecule has 3 aromatic rings. The lowest BCUT2D eigenvalue weighted by Crippen LogP contribution is -2.46. The number of nitrogens with one attached hydrogen (secondary N) is 1. The number of carbonyl (C=O) groups is 1. The molecular weight excluding hydrogens is 495 g/mol. The van der Waals surface area contributed by atoms with E-state index in [0.717, 1.165) is 37.4 Å². The highest BCUT2D eigenvalue weighted by Gasteiger charge is 2.31. The van der Waals surface area contributed by atoms with Crippen LogP contribution in [0.4, 0.5) is 10.1 Å². The number of rotatable bonds is 6. The second kappa shape index (κ2) is 10.5. The minimum absolute atomic E-state index is 0.00904. The standard InChI is InChI=1S/C27H31FN4O4S/c1-27(2,3)37(35,36)30-26(34)20-5-7-22(8-6-20)32-12-10-31(11-13-32)18-19-4-9-24(25(28)14-19)21-15-23(33)17-29-16-21/h4-9,14-17,33H,10-13,18H2,1-3H3,(H,30,34). The molecule has 2 heterocycles. The number of halogens is 1. The third-order valence-electron chi connectivity index (χ3n) is 6.37. The molecule has 1 fully saturated rings. The number of nitrogens with zero attached hydrogens (tertiary/aromatic N) is 3. The number of amides is 1. The average Bonchev–Trinajstić information content (AvgIpc) is 2.84. The van der Waals surface area contributed by atoms with E-state index < -0.39 is 20.7 Å². The molecule has 37 heavy (non-hydrogen) atoms. The van der Waals surface area contributed by atoms with Crippen LogP contribution in [0.25, 0.3) is 11.1 Å². The van der Waals surface area contributed by atoms with Crippen LogP contribution in [0.15, 0.2) is 60.9 Å². The van der Waals surface area contributed by atoms with Crippen LogP contribution in [0.5, 0.6) is 5.75 Å². The first-order valence-corrected chi connectivity index (χ1v) is 13.5. The molecule has 2 aromatic carbocycles. The molecule has 10 heteroatoms. The topological polar surface area (TPSA) is 103 Å². The van der Waals surface area contributed by atoms with E-state index >= 15 is 0 Å². The summed E-state index contributed by atoms with van der Waals surface area (Å²) in [5.74, 6) is -1.02. The van der Waals surface area contributed by atoms with Gasteiger partial charge < -0.3 is 10.0 Å². The van der Waals surface area contributed by atoms with Gasteiger partial charge >= 0.3 is 0 Å². The lowest BCUT2D eigenvalue weighted by Gasteiger charge is -2.36. The first-order valence-electron chi connectivity index (χ1n) is 12.0. The van der Waals surface area contributed by atoms with Gasteiger partial charge in [0.1, 0.15) is 11.6 Å². The number of piperazine rings is 1. The van der Waals surface area contributed by atoms with Gasteiger partial charge in [-0.25, -0.2) is 17.5 Å². The Hall–Kier alpha value is -3.50. The Kier molecular flexibility index (Phi) is 7.52. The second-order valence-electron chi connectivity index (χ2n) is 10.1. The van der Waals surface area contributed by atoms with Crippen molar-refractivity contribution in [3.63, 3.8) is 0 Å². The van der Waals surface area contributed by atoms with E-state index in [1.807, 2.05) is 18.2 Å². The fraction of sp³-hybridized carbons (Fsp3) is 0.333. The highest BCUT2D eigenvalue weighted by Crippen LogP contribution is 2.26. The number of carbonyl (C=O) groups excluding carboxylic acids is 1. The quantitative estimate of drug-likeness (QED) is 0.504. The molecule has 196 valence electrons. The van der Waals surface area contributed by atoms with Crippen LogP contribution in [0, 0.1) is 5.82 Å². The highest BCUT2D eigenvalue weighted by atomic mass is 32.2. The Morgan fingerprint density at radius 1 is 1.03 bits per heavy atom. The van der Waals surface area contributed by atoms with Gasteiger partial charge in [-0.3, -0.25) is 14.7 Å². The largest absolute Gasteiger partial charge is 0.506 e. The van der Waals surface area contributed by atoms with Crippen molar-refractivity contribution < 1.29 is 22.7 Å². The molecule has 1 aliphatic heterocycles. The normalized spacial score (nSPS) is 15.0. The predicted octanol–water partition coefficient (Wildman–Crippen LogP) is 3.77. The molecule has 1 saturated heterocycles. The van der Waals surface area contributed by atoms with Gasteiger partial charge in [0.25, 0.3) is 5.91 Å². The highest BCUT2D eigenvalue weighted by molar-refractivity contribution is 7.91. The number of pyridine rings is 1. The Labute approximate surface area is 216 Å². The zero-order valence-corrected chi connectivity index (χ0v) is 21.9. The Balaban J connectivity index is 1.33. The third kappa shape index (κ3) is 6.26. The van der Waals surface area contributed by atoms with Gasteiger partial charge in [0.15, 0.2) is 0 Å². The zero-order valence-electron chi connectivity index (χ0n) is 21.1. The maximum atomic E-state index is 14.7. The summed E-state index contributed by atoms with van der Waals surface area (Å²) >= 11 is 0. The van der Waals surface area contributed by atoms with Gasteiger partial charge in [-0.15, -0.1) is 0 Å². The van der Waals surface area contributed by atoms with Gasteiger partial charge in [-0.05, 0) is 62.7 Å². The number of sulfonamides is 1. The van der Waals surface area contributed by atoms with Crippen LogP contribution in [-0.2, 0) is 16.6 Å². The number of aromatic hydroxyl groups is 1. The van der Waals surface area contributed by atoms with Crippen LogP contribution in [0.3, 0.4) is 0 Å². The van der Waals surface area contributed by atoms with Crippen molar-refractivity contribution in [2.24, 2.45) is 0 Å². The Morgan fingerprint density at radius 2 is 1.70 bits per heavy atom. The van der Waals surface area contributed by atoms with E-state index in [0.29, 0.717) is 17.7 Å². The lowest BCUT2D eigenvalue weighted by molar-refractivity contribution is 0.0980. The fourth-order valence-corrected chi connectivity index (χ4v) is 4.71. The van der Waals surface area contributed by atoms with Crippen molar-refractivity contribution in [3.05, 3.63) is 77.9 Å². The van der Waals surface area contributed by atoms with Crippen LogP contribution >= 0.6 is 0 Å². The van der Waals surface area contributed by atoms with Crippen molar-refractivity contribution >= 4 is 21.6 Å². The van der Waals surface area contributed by atoms with Crippen LogP contribution in [-0.4, -0.2) is 60.2 Å². The fourth-order valence-electron chi connectivity index (χ4n) is 4.05. The maximum absolute atomic E-state index is 14.7. The number of benzene rings is 2. The van der Waals surface area contributed by atoms with E-state index in [-0.39, 0.29) is 17.1 Å². The zero-order chi connectivity index (χ0) is 26.8. The molecule has 0 atom stereocenters. The summed E-state index contributed by atoms with van der Waals surface area (Å²) < 4.78 is 40.3. The minimum Gasteiger partial charge on any atom is -0.506 e. The van der Waals surface area contributed by atoms with Gasteiger partial charge in [0, 0.05) is 61.3 Å². The Morgan fingerprint density at radius 3 is 2.30 bits per heavy atom. The summed E-state index contributed by atoms with van der Waals surface area (Å²) in [6.45, 7) is 8.31. The van der Waals surface area contributed by atoms with E-state index in [1.165, 1.54) is 45.3 Å². The molecule has 0 saturated carbocycles. The number of hydrogen-bond acceptors (Lipinski definition) is 7. The molecule has 1 aliphatic rings. The molecule has 1 aromatic heterocycles. The number of hydrogen-bond donors (Lipinski definition) is 2. The molecule has 0 radical (unpaired) electrons. The van der Waals surface area contributed by atoms with Gasteiger partial charge in [-0.1, -0.05) is 12.1 Å². The molecule has 0 spiro atoms. The maximum Gasteiger partial charge on any atom is 0.264 e. The summed E-state index contributed by atoms with van der Waals surface area (Å²) in [7, 11) is -3.78. The number of anilines is 1. The van der Waals surface area contributed by atoms with Gasteiger partial charge in [-0.2, -0.15) is 0 Å². The van der Waals surface area contributed by atoms with E-state index in [2.05, 4.69) is 19.5 Å². The van der Waals surface area contributed by atoms with Crippen molar-refractivity contribution in [1.29, 1.82) is 0 Å². The summed E-state index contributed by atoms with van der Waals surface area (Å²) in [4.78, 5) is 20.8. The molecule has 8 nitrogen and oxygen atoms in total. The van der Waals surface area contributed by atoms with Crippen molar-refractivity contribution in [3.8, 4) is 16.9 Å². The summed E-state index contributed by atoms with van der Waals surface area (Å²) in [5.41, 5.74) is 3.01. The van der Waals surface area contributed by atoms with Crippen LogP contribution in [0.2, 0.25) is 0 Å². The monoisotopic (exact) mass is 526 g/mol. The first kappa shape index (κ1) is 26.6. The molecule has 1 amide bonds. The van der Waals surface area contributed by atoms with Gasteiger partial charge in [0.05, 0.1) is 10.9 Å². The molecule has 0 aliphatic carbocycles. The van der Waals surface area contributed by atoms with Crippen LogP contribution < -0.4 is 9.62 Å². The van der Waals surface area contributed by atoms with E-state index in [1.54, 1.807) is 18.2 Å². The smallest absolute Gasteiger partial charge is 0.264 e. The summed E-state index contributed by atoms with van der Waals surface area (Å²) in [6, 6.07) is 13.5. The van der Waals surface area contributed by atoms with Crippen molar-refractivity contribution in [2.75, 3.05) is 31.1 Å². The Bertz CT molecular complexity index is 1380. The molecule has 0 bridgehead atoms. The lowest BCUT2D eigenvalue weighted by atomic mass is 10.0. The first-order chi connectivity index (χ1) is 17.4. The third-order valence-corrected chi connectivity index (χ3v) is 8.44. The van der Waals surface area contributed by atoms with Crippen LogP contribution in [0.1, 0.15) is 36.7 Å². The summed E-state index contributed by atoms with van der Waals surface area (Å²) in [5, 5.41) is 9.61. The second-order valence-corrected chi connectivity index (χ2v) is 12.5. The SMILES string of the molecule is CC(C)(C)S(=O)(=O)NC(=O)c1ccc(N2CCN(Cc3ccc(-c4cncc(O)c4)c(F)c3)CC2)cc1. The minimum atomic E-state index is -3.78. The van der Waals surface area contributed by atoms with Gasteiger partial charge in [0.2, 0.25) is 10.0 Å². The van der Waals surface area contributed by atoms with E-state index in [4.69, 9.17) is 0 Å². The molecule has 2 N–H and O–H groups in total. The summed E-state index contributed by atoms with van der Waals surface area (Å²) in [6.07, 6.45) is 2.82. The number of aromatic nitrogens is 1. The van der Waals surface area contributed by atoms with Crippen molar-refractivity contribution in [1.82, 2.24) is 14.6 Å². The average molecular weight is 527 g/mol. The van der Waals surface area contributed by atoms with E-state index in [9.17, 15) is 22.7 Å². The molecule has 0 unspecified atom stereocenters. The molecule has 4 rings (SSSR count). The van der Waals surface area contributed by atoms with Crippen molar-refractivity contribution in [2.45, 2.75) is 32.1 Å². The molecular formula is C27H31FN4O4S. The predicted molar refractivity (Wildman–Crippen MR) is 141 cm³/mol.